The molecule has 0 saturated carbocycles. The number of rotatable bonds is 8. The van der Waals surface area contributed by atoms with Gasteiger partial charge < -0.3 is 10.4 Å². The van der Waals surface area contributed by atoms with Gasteiger partial charge in [0.05, 0.1) is 0 Å². The second-order valence-corrected chi connectivity index (χ2v) is 5.80. The van der Waals surface area contributed by atoms with Gasteiger partial charge in [-0.05, 0) is 31.4 Å². The molecule has 2 N–H and O–H groups in total. The van der Waals surface area contributed by atoms with Crippen LogP contribution in [0.1, 0.15) is 61.9 Å². The third-order valence-corrected chi connectivity index (χ3v) is 3.54. The summed E-state index contributed by atoms with van der Waals surface area (Å²) in [6.45, 7) is 6.96. The lowest BCUT2D eigenvalue weighted by Crippen LogP contribution is -2.25. The first-order chi connectivity index (χ1) is 9.52. The van der Waals surface area contributed by atoms with E-state index in [1.807, 2.05) is 0 Å². The van der Waals surface area contributed by atoms with Crippen LogP contribution in [-0.2, 0) is 0 Å². The van der Waals surface area contributed by atoms with Gasteiger partial charge >= 0.3 is 0 Å². The van der Waals surface area contributed by atoms with Crippen molar-refractivity contribution in [2.24, 2.45) is 5.92 Å². The minimum Gasteiger partial charge on any atom is -0.508 e. The topological polar surface area (TPSA) is 49.3 Å². The monoisotopic (exact) mass is 277 g/mol. The van der Waals surface area contributed by atoms with Gasteiger partial charge in [0.2, 0.25) is 0 Å². The van der Waals surface area contributed by atoms with Crippen molar-refractivity contribution in [3.05, 3.63) is 29.3 Å². The molecule has 0 heterocycles. The maximum Gasteiger partial charge on any atom is 0.251 e. The number of phenolic OH excluding ortho intramolecular Hbond substituents is 1. The van der Waals surface area contributed by atoms with Gasteiger partial charge in [-0.2, -0.15) is 0 Å². The number of benzene rings is 1. The quantitative estimate of drug-likeness (QED) is 0.705. The molecule has 1 amide bonds. The van der Waals surface area contributed by atoms with Gasteiger partial charge in [0.1, 0.15) is 5.75 Å². The van der Waals surface area contributed by atoms with Crippen molar-refractivity contribution in [2.45, 2.75) is 52.9 Å². The van der Waals surface area contributed by atoms with Gasteiger partial charge in [-0.1, -0.05) is 45.6 Å². The smallest absolute Gasteiger partial charge is 0.251 e. The molecular formula is C17H27NO2. The molecule has 0 aliphatic carbocycles. The average molecular weight is 277 g/mol. The van der Waals surface area contributed by atoms with Crippen LogP contribution >= 0.6 is 0 Å². The van der Waals surface area contributed by atoms with E-state index in [1.165, 1.54) is 19.3 Å². The molecule has 20 heavy (non-hydrogen) atoms. The Kier molecular flexibility index (Phi) is 7.13. The van der Waals surface area contributed by atoms with Crippen molar-refractivity contribution in [2.75, 3.05) is 6.54 Å². The minimum atomic E-state index is -0.0967. The van der Waals surface area contributed by atoms with E-state index >= 15 is 0 Å². The van der Waals surface area contributed by atoms with Crippen molar-refractivity contribution < 1.29 is 9.90 Å². The molecule has 0 atom stereocenters. The number of unbranched alkanes of at least 4 members (excludes halogenated alkanes) is 3. The molecule has 0 fully saturated rings. The van der Waals surface area contributed by atoms with Crippen molar-refractivity contribution in [1.29, 1.82) is 0 Å². The Morgan fingerprint density at radius 3 is 2.60 bits per heavy atom. The predicted octanol–water partition coefficient (Wildman–Crippen LogP) is 4.04. The van der Waals surface area contributed by atoms with Crippen LogP contribution in [0.15, 0.2) is 18.2 Å². The minimum absolute atomic E-state index is 0.0967. The van der Waals surface area contributed by atoms with Gasteiger partial charge in [-0.25, -0.2) is 0 Å². The van der Waals surface area contributed by atoms with Crippen LogP contribution in [0.5, 0.6) is 5.75 Å². The SMILES string of the molecule is Cc1c(O)cccc1C(=O)NCCCCCCC(C)C. The highest BCUT2D eigenvalue weighted by atomic mass is 16.3. The van der Waals surface area contributed by atoms with Crippen LogP contribution in [0.25, 0.3) is 0 Å². The van der Waals surface area contributed by atoms with E-state index in [4.69, 9.17) is 0 Å². The summed E-state index contributed by atoms with van der Waals surface area (Å²) in [6, 6.07) is 5.04. The van der Waals surface area contributed by atoms with Crippen LogP contribution in [0, 0.1) is 12.8 Å². The molecule has 0 spiro atoms. The highest BCUT2D eigenvalue weighted by Crippen LogP contribution is 2.19. The number of nitrogens with one attached hydrogen (secondary N) is 1. The zero-order chi connectivity index (χ0) is 15.0. The van der Waals surface area contributed by atoms with Crippen molar-refractivity contribution >= 4 is 5.91 Å². The molecule has 0 aliphatic heterocycles. The number of amides is 1. The number of hydrogen-bond acceptors (Lipinski definition) is 2. The molecule has 3 heteroatoms. The van der Waals surface area contributed by atoms with Crippen molar-refractivity contribution in [3.63, 3.8) is 0 Å². The van der Waals surface area contributed by atoms with E-state index in [2.05, 4.69) is 19.2 Å². The van der Waals surface area contributed by atoms with Gasteiger partial charge in [0.25, 0.3) is 5.91 Å². The molecule has 0 bridgehead atoms. The van der Waals surface area contributed by atoms with Gasteiger partial charge in [-0.3, -0.25) is 4.79 Å². The first-order valence-corrected chi connectivity index (χ1v) is 7.59. The Labute approximate surface area is 122 Å². The largest absolute Gasteiger partial charge is 0.508 e. The number of carbonyl (C=O) groups is 1. The fourth-order valence-electron chi connectivity index (χ4n) is 2.20. The first-order valence-electron chi connectivity index (χ1n) is 7.59. The molecule has 0 saturated heterocycles. The second kappa shape index (κ2) is 8.62. The lowest BCUT2D eigenvalue weighted by molar-refractivity contribution is 0.0952. The molecule has 0 unspecified atom stereocenters. The van der Waals surface area contributed by atoms with Gasteiger partial charge in [0.15, 0.2) is 0 Å². The number of carbonyl (C=O) groups excluding carboxylic acids is 1. The lowest BCUT2D eigenvalue weighted by atomic mass is 10.0. The molecule has 1 aromatic rings. The number of phenols is 1. The van der Waals surface area contributed by atoms with Crippen LogP contribution in [-0.4, -0.2) is 17.6 Å². The summed E-state index contributed by atoms with van der Waals surface area (Å²) < 4.78 is 0. The summed E-state index contributed by atoms with van der Waals surface area (Å²) in [5.74, 6) is 0.857. The van der Waals surface area contributed by atoms with E-state index in [0.717, 1.165) is 18.8 Å². The lowest BCUT2D eigenvalue weighted by Gasteiger charge is -2.09. The van der Waals surface area contributed by atoms with Crippen LogP contribution in [0.4, 0.5) is 0 Å². The zero-order valence-corrected chi connectivity index (χ0v) is 12.9. The molecule has 0 aromatic heterocycles. The van der Waals surface area contributed by atoms with Crippen LogP contribution in [0.2, 0.25) is 0 Å². The fourth-order valence-corrected chi connectivity index (χ4v) is 2.20. The third kappa shape index (κ3) is 5.64. The third-order valence-electron chi connectivity index (χ3n) is 3.54. The fraction of sp³-hybridized carbons (Fsp3) is 0.588. The Bertz CT molecular complexity index is 427. The standard InChI is InChI=1S/C17H27NO2/c1-13(2)9-6-4-5-7-12-18-17(20)15-10-8-11-16(19)14(15)3/h8,10-11,13,19H,4-7,9,12H2,1-3H3,(H,18,20). The van der Waals surface area contributed by atoms with E-state index in [1.54, 1.807) is 25.1 Å². The maximum atomic E-state index is 12.0. The zero-order valence-electron chi connectivity index (χ0n) is 12.9. The Hall–Kier alpha value is -1.51. The van der Waals surface area contributed by atoms with E-state index in [0.29, 0.717) is 17.7 Å². The molecular weight excluding hydrogens is 250 g/mol. The second-order valence-electron chi connectivity index (χ2n) is 5.80. The Morgan fingerprint density at radius 2 is 1.90 bits per heavy atom. The maximum absolute atomic E-state index is 12.0. The van der Waals surface area contributed by atoms with E-state index < -0.39 is 0 Å². The van der Waals surface area contributed by atoms with Crippen LogP contribution < -0.4 is 5.32 Å². The van der Waals surface area contributed by atoms with E-state index in [9.17, 15) is 9.90 Å². The van der Waals surface area contributed by atoms with E-state index in [-0.39, 0.29) is 11.7 Å². The Morgan fingerprint density at radius 1 is 1.20 bits per heavy atom. The predicted molar refractivity (Wildman–Crippen MR) is 83.1 cm³/mol. The first kappa shape index (κ1) is 16.5. The average Bonchev–Trinajstić information content (AvgIpc) is 2.40. The molecule has 112 valence electrons. The number of aromatic hydroxyl groups is 1. The molecule has 0 aliphatic rings. The van der Waals surface area contributed by atoms with Crippen molar-refractivity contribution in [1.82, 2.24) is 5.32 Å². The molecule has 3 nitrogen and oxygen atoms in total. The summed E-state index contributed by atoms with van der Waals surface area (Å²) in [6.07, 6.45) is 5.97. The van der Waals surface area contributed by atoms with Crippen LogP contribution in [0.3, 0.4) is 0 Å². The summed E-state index contributed by atoms with van der Waals surface area (Å²) in [5, 5.41) is 12.5. The molecule has 0 radical (unpaired) electrons. The van der Waals surface area contributed by atoms with Crippen molar-refractivity contribution in [3.8, 4) is 5.75 Å². The Balaban J connectivity index is 2.22. The number of hydrogen-bond donors (Lipinski definition) is 2. The molecule has 1 aromatic carbocycles. The molecule has 1 rings (SSSR count). The summed E-state index contributed by atoms with van der Waals surface area (Å²) in [4.78, 5) is 12.0. The normalized spacial score (nSPS) is 10.8. The highest BCUT2D eigenvalue weighted by molar-refractivity contribution is 5.96. The summed E-state index contributed by atoms with van der Waals surface area (Å²) >= 11 is 0. The van der Waals surface area contributed by atoms with Gasteiger partial charge in [-0.15, -0.1) is 0 Å². The van der Waals surface area contributed by atoms with Gasteiger partial charge in [0, 0.05) is 17.7 Å². The highest BCUT2D eigenvalue weighted by Gasteiger charge is 2.10. The summed E-state index contributed by atoms with van der Waals surface area (Å²) in [7, 11) is 0. The summed E-state index contributed by atoms with van der Waals surface area (Å²) in [5.41, 5.74) is 1.20.